The molecule has 0 saturated heterocycles. The third kappa shape index (κ3) is 5.96. The van der Waals surface area contributed by atoms with Crippen LogP contribution >= 0.6 is 0 Å². The summed E-state index contributed by atoms with van der Waals surface area (Å²) < 4.78 is 0. The zero-order valence-electron chi connectivity index (χ0n) is 37.0. The molecule has 308 valence electrons. The smallest absolute Gasteiger partial charge is 0.0465 e. The third-order valence-electron chi connectivity index (χ3n) is 16.0. The summed E-state index contributed by atoms with van der Waals surface area (Å²) >= 11 is 0. The molecular weight excluding hydrogens is 759 g/mol. The topological polar surface area (TPSA) is 3.24 Å². The first kappa shape index (κ1) is 38.3. The van der Waals surface area contributed by atoms with Gasteiger partial charge in [-0.25, -0.2) is 0 Å². The van der Waals surface area contributed by atoms with Gasteiger partial charge in [0.1, 0.15) is 0 Å². The fourth-order valence-electron chi connectivity index (χ4n) is 13.3. The fraction of sp³-hybridized carbons (Fsp3) is 0.226. The van der Waals surface area contributed by atoms with E-state index in [0.29, 0.717) is 11.8 Å². The molecule has 1 nitrogen and oxygen atoms in total. The van der Waals surface area contributed by atoms with E-state index in [4.69, 9.17) is 0 Å². The quantitative estimate of drug-likeness (QED) is 0.162. The van der Waals surface area contributed by atoms with Crippen LogP contribution in [0.1, 0.15) is 75.6 Å². The maximum Gasteiger partial charge on any atom is 0.0465 e. The Morgan fingerprint density at radius 1 is 0.381 bits per heavy atom. The maximum absolute atomic E-state index is 2.57. The van der Waals surface area contributed by atoms with Crippen molar-refractivity contribution in [3.05, 3.63) is 210 Å². The largest absolute Gasteiger partial charge is 0.310 e. The van der Waals surface area contributed by atoms with E-state index in [0.717, 1.165) is 28.9 Å². The summed E-state index contributed by atoms with van der Waals surface area (Å²) in [6.07, 6.45) is 5.48. The Bertz CT molecular complexity index is 2930. The SMILES string of the molecule is CC1CC2CC(C)C3(c4ccccc4-c4cc(-c5ccc6c(c5)C(C)(C)c5cc(N(c7ccc(-c8ccccc8)cc7)c7ccc(-c8ccccc8)cc7)ccc5-6)ccc43)C(C1)C2. The lowest BCUT2D eigenvalue weighted by Crippen LogP contribution is -2.49. The van der Waals surface area contributed by atoms with Crippen molar-refractivity contribution in [1.82, 2.24) is 0 Å². The molecule has 0 aromatic heterocycles. The molecule has 0 heterocycles. The predicted molar refractivity (Wildman–Crippen MR) is 265 cm³/mol. The van der Waals surface area contributed by atoms with Gasteiger partial charge in [0.05, 0.1) is 0 Å². The van der Waals surface area contributed by atoms with Gasteiger partial charge in [-0.15, -0.1) is 0 Å². The summed E-state index contributed by atoms with van der Waals surface area (Å²) in [6, 6.07) is 70.8. The van der Waals surface area contributed by atoms with Crippen molar-refractivity contribution in [2.45, 2.75) is 64.2 Å². The summed E-state index contributed by atoms with van der Waals surface area (Å²) in [5.41, 5.74) is 22.4. The Kier molecular flexibility index (Phi) is 8.84. The number of anilines is 3. The average molecular weight is 814 g/mol. The fourth-order valence-corrected chi connectivity index (χ4v) is 13.3. The second-order valence-electron chi connectivity index (χ2n) is 20.0. The van der Waals surface area contributed by atoms with Gasteiger partial charge in [-0.3, -0.25) is 0 Å². The van der Waals surface area contributed by atoms with E-state index in [-0.39, 0.29) is 10.8 Å². The van der Waals surface area contributed by atoms with Crippen LogP contribution in [0.15, 0.2) is 188 Å². The normalized spacial score (nSPS) is 22.2. The van der Waals surface area contributed by atoms with Crippen LogP contribution in [0.3, 0.4) is 0 Å². The number of hydrogen-bond donors (Lipinski definition) is 0. The second kappa shape index (κ2) is 14.6. The monoisotopic (exact) mass is 813 g/mol. The van der Waals surface area contributed by atoms with Gasteiger partial charge in [-0.05, 0) is 176 Å². The van der Waals surface area contributed by atoms with Crippen LogP contribution < -0.4 is 4.90 Å². The van der Waals surface area contributed by atoms with Crippen molar-refractivity contribution >= 4 is 17.1 Å². The van der Waals surface area contributed by atoms with Crippen LogP contribution in [0.25, 0.3) is 55.6 Å². The van der Waals surface area contributed by atoms with E-state index in [1.807, 2.05) is 0 Å². The molecule has 0 aliphatic heterocycles. The number of nitrogens with zero attached hydrogens (tertiary/aromatic N) is 1. The maximum atomic E-state index is 2.57. The van der Waals surface area contributed by atoms with Gasteiger partial charge in [-0.2, -0.15) is 0 Å². The first-order valence-electron chi connectivity index (χ1n) is 23.4. The minimum absolute atomic E-state index is 0.122. The van der Waals surface area contributed by atoms with Crippen molar-refractivity contribution in [2.75, 3.05) is 4.90 Å². The molecule has 8 aromatic rings. The van der Waals surface area contributed by atoms with E-state index in [9.17, 15) is 0 Å². The highest BCUT2D eigenvalue weighted by molar-refractivity contribution is 5.90. The molecule has 1 spiro atoms. The molecule has 5 atom stereocenters. The van der Waals surface area contributed by atoms with E-state index < -0.39 is 0 Å². The highest BCUT2D eigenvalue weighted by Crippen LogP contribution is 2.65. The summed E-state index contributed by atoms with van der Waals surface area (Å²) in [6.45, 7) is 9.92. The summed E-state index contributed by atoms with van der Waals surface area (Å²) in [5, 5.41) is 0. The average Bonchev–Trinajstić information content (AvgIpc) is 3.74. The molecule has 0 N–H and O–H groups in total. The Balaban J connectivity index is 0.917. The van der Waals surface area contributed by atoms with Crippen molar-refractivity contribution in [2.24, 2.45) is 23.7 Å². The Hall–Kier alpha value is -6.44. The number of benzene rings is 8. The van der Waals surface area contributed by atoms with Gasteiger partial charge >= 0.3 is 0 Å². The molecule has 2 saturated carbocycles. The van der Waals surface area contributed by atoms with Crippen LogP contribution in [-0.4, -0.2) is 0 Å². The van der Waals surface area contributed by atoms with Crippen LogP contribution in [0.5, 0.6) is 0 Å². The zero-order valence-corrected chi connectivity index (χ0v) is 37.0. The molecule has 1 heteroatoms. The lowest BCUT2D eigenvalue weighted by molar-refractivity contribution is 0.0426. The summed E-state index contributed by atoms with van der Waals surface area (Å²) in [7, 11) is 0. The van der Waals surface area contributed by atoms with Crippen molar-refractivity contribution in [3.8, 4) is 55.6 Å². The van der Waals surface area contributed by atoms with E-state index in [1.165, 1.54) is 92.4 Å². The lowest BCUT2D eigenvalue weighted by atomic mass is 9.49. The van der Waals surface area contributed by atoms with Crippen molar-refractivity contribution in [3.63, 3.8) is 0 Å². The van der Waals surface area contributed by atoms with Crippen molar-refractivity contribution in [1.29, 1.82) is 0 Å². The molecule has 0 radical (unpaired) electrons. The third-order valence-corrected chi connectivity index (χ3v) is 16.0. The van der Waals surface area contributed by atoms with Gasteiger partial charge in [0.15, 0.2) is 0 Å². The Morgan fingerprint density at radius 2 is 0.873 bits per heavy atom. The highest BCUT2D eigenvalue weighted by atomic mass is 15.1. The first-order chi connectivity index (χ1) is 30.8. The molecule has 2 bridgehead atoms. The van der Waals surface area contributed by atoms with Crippen LogP contribution in [0.4, 0.5) is 17.1 Å². The molecule has 4 aliphatic rings. The van der Waals surface area contributed by atoms with E-state index in [2.05, 4.69) is 221 Å². The van der Waals surface area contributed by atoms with Gasteiger partial charge in [-0.1, -0.05) is 167 Å². The van der Waals surface area contributed by atoms with Gasteiger partial charge < -0.3 is 4.90 Å². The van der Waals surface area contributed by atoms with E-state index >= 15 is 0 Å². The molecule has 63 heavy (non-hydrogen) atoms. The minimum atomic E-state index is -0.185. The molecule has 5 unspecified atom stereocenters. The first-order valence-corrected chi connectivity index (χ1v) is 23.4. The molecule has 12 rings (SSSR count). The van der Waals surface area contributed by atoms with E-state index in [1.54, 1.807) is 11.1 Å². The van der Waals surface area contributed by atoms with Crippen LogP contribution in [0.2, 0.25) is 0 Å². The molecule has 8 aromatic carbocycles. The molecule has 4 aliphatic carbocycles. The summed E-state index contributed by atoms with van der Waals surface area (Å²) in [4.78, 5) is 2.42. The van der Waals surface area contributed by atoms with Gasteiger partial charge in [0.25, 0.3) is 0 Å². The lowest BCUT2D eigenvalue weighted by Gasteiger charge is -2.54. The predicted octanol–water partition coefficient (Wildman–Crippen LogP) is 16.8. The minimum Gasteiger partial charge on any atom is -0.310 e. The standard InChI is InChI=1S/C62H55N/c1-40-33-42-35-41(2)62(49(34-40)36-42)57-18-12-11-17-53(57)56-37-47(24-32-58(56)62)48-23-30-54-55-31-29-52(39-60(55)61(3,4)59(54)38-48)63(50-25-19-45(20-26-50)43-13-7-5-8-14-43)51-27-21-46(22-28-51)44-15-9-6-10-16-44/h5-32,37-42,49H,33-36H2,1-4H3. The molecule has 2 fully saturated rings. The molecule has 0 amide bonds. The second-order valence-corrected chi connectivity index (χ2v) is 20.0. The summed E-state index contributed by atoms with van der Waals surface area (Å²) in [5.74, 6) is 3.05. The Labute approximate surface area is 374 Å². The number of rotatable bonds is 6. The van der Waals surface area contributed by atoms with Crippen LogP contribution in [-0.2, 0) is 10.8 Å². The Morgan fingerprint density at radius 3 is 1.54 bits per heavy atom. The number of hydrogen-bond acceptors (Lipinski definition) is 1. The zero-order chi connectivity index (χ0) is 42.5. The van der Waals surface area contributed by atoms with Gasteiger partial charge in [0.2, 0.25) is 0 Å². The van der Waals surface area contributed by atoms with Gasteiger partial charge in [0, 0.05) is 27.9 Å². The number of fused-ring (bicyclic) bond motifs is 11. The van der Waals surface area contributed by atoms with Crippen LogP contribution in [0, 0.1) is 23.7 Å². The highest BCUT2D eigenvalue weighted by Gasteiger charge is 2.56. The van der Waals surface area contributed by atoms with Crippen molar-refractivity contribution < 1.29 is 0 Å². The molecular formula is C62H55N.